The number of ether oxygens (including phenoxy) is 2. The molecular weight excluding hydrogens is 419 g/mol. The number of hydrogen-bond donors (Lipinski definition) is 0. The number of halogens is 1. The molecule has 2 aromatic heterocycles. The Labute approximate surface area is 192 Å². The van der Waals surface area contributed by atoms with E-state index < -0.39 is 0 Å². The molecule has 3 heterocycles. The first-order chi connectivity index (χ1) is 16.1. The van der Waals surface area contributed by atoms with Crippen LogP contribution in [0.3, 0.4) is 0 Å². The lowest BCUT2D eigenvalue weighted by Crippen LogP contribution is -2.38. The molecule has 2 aromatic carbocycles. The molecule has 5 rings (SSSR count). The lowest BCUT2D eigenvalue weighted by atomic mass is 10.1. The number of fused-ring (bicyclic) bond motifs is 1. The summed E-state index contributed by atoms with van der Waals surface area (Å²) < 4.78 is 26.7. The number of pyridine rings is 1. The van der Waals surface area contributed by atoms with Crippen LogP contribution in [0.15, 0.2) is 66.9 Å². The standard InChI is InChI=1S/C26H27FN4O2/c1-30-22(10-13-32-23-7-5-21(27)6-8-23)16-25(29-30)26-18-31(12-14-33-26)17-19-4-9-24-20(15-19)3-2-11-28-24/h2-9,11,15-16,26H,10,12-14,17-18H2,1H3. The highest BCUT2D eigenvalue weighted by molar-refractivity contribution is 5.78. The van der Waals surface area contributed by atoms with Crippen molar-refractivity contribution < 1.29 is 13.9 Å². The molecule has 6 nitrogen and oxygen atoms in total. The van der Waals surface area contributed by atoms with E-state index in [1.54, 1.807) is 12.1 Å². The van der Waals surface area contributed by atoms with Crippen LogP contribution in [0.4, 0.5) is 4.39 Å². The molecule has 1 saturated heterocycles. The van der Waals surface area contributed by atoms with Crippen LogP contribution in [0.5, 0.6) is 5.75 Å². The first-order valence-corrected chi connectivity index (χ1v) is 11.2. The average molecular weight is 447 g/mol. The molecule has 7 heteroatoms. The monoisotopic (exact) mass is 446 g/mol. The maximum absolute atomic E-state index is 13.0. The van der Waals surface area contributed by atoms with Crippen molar-refractivity contribution in [3.8, 4) is 5.75 Å². The zero-order valence-corrected chi connectivity index (χ0v) is 18.7. The number of hydrogen-bond acceptors (Lipinski definition) is 5. The van der Waals surface area contributed by atoms with Crippen LogP contribution >= 0.6 is 0 Å². The number of aromatic nitrogens is 3. The van der Waals surface area contributed by atoms with E-state index in [1.165, 1.54) is 17.7 Å². The molecule has 4 aromatic rings. The Kier molecular flexibility index (Phi) is 6.32. The molecule has 1 unspecified atom stereocenters. The van der Waals surface area contributed by atoms with Gasteiger partial charge < -0.3 is 9.47 Å². The minimum atomic E-state index is -0.266. The van der Waals surface area contributed by atoms with Crippen molar-refractivity contribution in [2.45, 2.75) is 19.1 Å². The number of benzene rings is 2. The third-order valence-electron chi connectivity index (χ3n) is 5.99. The van der Waals surface area contributed by atoms with E-state index in [1.807, 2.05) is 24.0 Å². The van der Waals surface area contributed by atoms with Gasteiger partial charge in [-0.2, -0.15) is 5.10 Å². The first-order valence-electron chi connectivity index (χ1n) is 11.2. The Bertz CT molecular complexity index is 1220. The Morgan fingerprint density at radius 1 is 1.12 bits per heavy atom. The summed E-state index contributed by atoms with van der Waals surface area (Å²) in [5.74, 6) is 0.396. The fourth-order valence-electron chi connectivity index (χ4n) is 4.23. The molecule has 0 radical (unpaired) electrons. The van der Waals surface area contributed by atoms with Crippen LogP contribution in [0, 0.1) is 5.82 Å². The summed E-state index contributed by atoms with van der Waals surface area (Å²) in [4.78, 5) is 6.82. The molecule has 0 bridgehead atoms. The van der Waals surface area contributed by atoms with E-state index in [0.717, 1.165) is 41.9 Å². The molecule has 1 fully saturated rings. The third kappa shape index (κ3) is 5.21. The minimum Gasteiger partial charge on any atom is -0.493 e. The molecule has 0 amide bonds. The van der Waals surface area contributed by atoms with Crippen molar-refractivity contribution in [3.63, 3.8) is 0 Å². The van der Waals surface area contributed by atoms with Gasteiger partial charge in [0.05, 0.1) is 24.4 Å². The molecular formula is C26H27FN4O2. The molecule has 33 heavy (non-hydrogen) atoms. The van der Waals surface area contributed by atoms with Crippen LogP contribution < -0.4 is 4.74 Å². The van der Waals surface area contributed by atoms with Crippen molar-refractivity contribution >= 4 is 10.9 Å². The van der Waals surface area contributed by atoms with Crippen LogP contribution in [-0.2, 0) is 24.8 Å². The molecule has 0 aliphatic carbocycles. The Morgan fingerprint density at radius 3 is 2.88 bits per heavy atom. The zero-order valence-electron chi connectivity index (χ0n) is 18.7. The SMILES string of the molecule is Cn1nc(C2CN(Cc3ccc4ncccc4c3)CCO2)cc1CCOc1ccc(F)cc1. The highest BCUT2D eigenvalue weighted by atomic mass is 19.1. The van der Waals surface area contributed by atoms with Crippen LogP contribution in [-0.4, -0.2) is 46.0 Å². The smallest absolute Gasteiger partial charge is 0.123 e. The van der Waals surface area contributed by atoms with Crippen molar-refractivity contribution in [2.75, 3.05) is 26.3 Å². The highest BCUT2D eigenvalue weighted by Crippen LogP contribution is 2.24. The summed E-state index contributed by atoms with van der Waals surface area (Å²) >= 11 is 0. The predicted octanol–water partition coefficient (Wildman–Crippen LogP) is 4.30. The van der Waals surface area contributed by atoms with Gasteiger partial charge in [0, 0.05) is 50.4 Å². The van der Waals surface area contributed by atoms with Crippen molar-refractivity contribution in [2.24, 2.45) is 7.05 Å². The average Bonchev–Trinajstić information content (AvgIpc) is 3.21. The molecule has 1 aliphatic rings. The molecule has 1 aliphatic heterocycles. The Hall–Kier alpha value is -3.29. The number of morpholine rings is 1. The van der Waals surface area contributed by atoms with Gasteiger partial charge in [-0.25, -0.2) is 4.39 Å². The maximum Gasteiger partial charge on any atom is 0.123 e. The second kappa shape index (κ2) is 9.68. The number of nitrogens with zero attached hydrogens (tertiary/aromatic N) is 4. The second-order valence-electron chi connectivity index (χ2n) is 8.36. The van der Waals surface area contributed by atoms with E-state index >= 15 is 0 Å². The van der Waals surface area contributed by atoms with E-state index in [0.29, 0.717) is 25.4 Å². The summed E-state index contributed by atoms with van der Waals surface area (Å²) in [5, 5.41) is 5.87. The summed E-state index contributed by atoms with van der Waals surface area (Å²) in [6.07, 6.45) is 2.48. The van der Waals surface area contributed by atoms with Gasteiger partial charge in [-0.1, -0.05) is 12.1 Å². The molecule has 0 saturated carbocycles. The van der Waals surface area contributed by atoms with Crippen molar-refractivity contribution in [1.29, 1.82) is 0 Å². The molecule has 170 valence electrons. The van der Waals surface area contributed by atoms with E-state index in [4.69, 9.17) is 14.6 Å². The maximum atomic E-state index is 13.0. The predicted molar refractivity (Wildman–Crippen MR) is 125 cm³/mol. The lowest BCUT2D eigenvalue weighted by molar-refractivity contribution is -0.0352. The lowest BCUT2D eigenvalue weighted by Gasteiger charge is -2.32. The van der Waals surface area contributed by atoms with Crippen LogP contribution in [0.2, 0.25) is 0 Å². The van der Waals surface area contributed by atoms with Gasteiger partial charge in [0.15, 0.2) is 0 Å². The second-order valence-corrected chi connectivity index (χ2v) is 8.36. The van der Waals surface area contributed by atoms with Crippen molar-refractivity contribution in [3.05, 3.63) is 89.6 Å². The summed E-state index contributed by atoms with van der Waals surface area (Å²) in [7, 11) is 1.94. The summed E-state index contributed by atoms with van der Waals surface area (Å²) in [6.45, 7) is 3.74. The van der Waals surface area contributed by atoms with Gasteiger partial charge in [0.2, 0.25) is 0 Å². The topological polar surface area (TPSA) is 52.4 Å². The minimum absolute atomic E-state index is 0.0566. The highest BCUT2D eigenvalue weighted by Gasteiger charge is 2.25. The summed E-state index contributed by atoms with van der Waals surface area (Å²) in [5.41, 5.74) is 4.32. The van der Waals surface area contributed by atoms with Crippen LogP contribution in [0.25, 0.3) is 10.9 Å². The zero-order chi connectivity index (χ0) is 22.6. The van der Waals surface area contributed by atoms with Gasteiger partial charge in [0.25, 0.3) is 0 Å². The van der Waals surface area contributed by atoms with Crippen molar-refractivity contribution in [1.82, 2.24) is 19.7 Å². The van der Waals surface area contributed by atoms with Gasteiger partial charge >= 0.3 is 0 Å². The number of aryl methyl sites for hydroxylation is 1. The molecule has 0 spiro atoms. The number of rotatable bonds is 7. The fourth-order valence-corrected chi connectivity index (χ4v) is 4.23. The quantitative estimate of drug-likeness (QED) is 0.424. The van der Waals surface area contributed by atoms with Gasteiger partial charge in [-0.15, -0.1) is 0 Å². The Morgan fingerprint density at radius 2 is 2.00 bits per heavy atom. The molecule has 0 N–H and O–H groups in total. The fraction of sp³-hybridized carbons (Fsp3) is 0.308. The van der Waals surface area contributed by atoms with Gasteiger partial charge in [-0.05, 0) is 54.1 Å². The van der Waals surface area contributed by atoms with E-state index in [9.17, 15) is 4.39 Å². The van der Waals surface area contributed by atoms with Gasteiger partial charge in [0.1, 0.15) is 17.7 Å². The van der Waals surface area contributed by atoms with Crippen LogP contribution in [0.1, 0.15) is 23.1 Å². The Balaban J connectivity index is 1.19. The summed E-state index contributed by atoms with van der Waals surface area (Å²) in [6, 6.07) is 18.7. The van der Waals surface area contributed by atoms with Gasteiger partial charge in [-0.3, -0.25) is 14.6 Å². The third-order valence-corrected chi connectivity index (χ3v) is 5.99. The first kappa shape index (κ1) is 21.6. The molecule has 1 atom stereocenters. The normalized spacial score (nSPS) is 16.8. The largest absolute Gasteiger partial charge is 0.493 e. The van der Waals surface area contributed by atoms with E-state index in [2.05, 4.69) is 40.2 Å². The van der Waals surface area contributed by atoms with E-state index in [-0.39, 0.29) is 11.9 Å².